The fraction of sp³-hybridized carbons (Fsp3) is 0.0952. The maximum atomic E-state index is 12.5. The third-order valence-electron chi connectivity index (χ3n) is 4.48. The zero-order valence-corrected chi connectivity index (χ0v) is 15.7. The Morgan fingerprint density at radius 2 is 1.77 bits per heavy atom. The summed E-state index contributed by atoms with van der Waals surface area (Å²) in [6.45, 7) is 1.56. The minimum absolute atomic E-state index is 0.0238. The SMILES string of the molecule is C[C@@H](OC(=O)c1cc2ccccc2cc1O)c1nnc(-c2ccc([N+](=O)[O-])cc2)o1. The molecule has 150 valence electrons. The van der Waals surface area contributed by atoms with Gasteiger partial charge in [0, 0.05) is 17.7 Å². The Bertz CT molecular complexity index is 1250. The first-order valence-corrected chi connectivity index (χ1v) is 8.93. The van der Waals surface area contributed by atoms with Crippen molar-refractivity contribution in [3.8, 4) is 17.2 Å². The van der Waals surface area contributed by atoms with Crippen LogP contribution in [0.3, 0.4) is 0 Å². The summed E-state index contributed by atoms with van der Waals surface area (Å²) in [6.07, 6.45) is -0.873. The number of hydrogen-bond acceptors (Lipinski definition) is 8. The van der Waals surface area contributed by atoms with Crippen LogP contribution in [0.25, 0.3) is 22.2 Å². The molecule has 0 saturated heterocycles. The van der Waals surface area contributed by atoms with E-state index >= 15 is 0 Å². The van der Waals surface area contributed by atoms with Crippen LogP contribution in [0.15, 0.2) is 65.1 Å². The van der Waals surface area contributed by atoms with E-state index in [1.165, 1.54) is 30.3 Å². The van der Waals surface area contributed by atoms with Crippen LogP contribution in [0.4, 0.5) is 5.69 Å². The van der Waals surface area contributed by atoms with E-state index in [0.29, 0.717) is 5.56 Å². The van der Waals surface area contributed by atoms with Crippen molar-refractivity contribution in [2.75, 3.05) is 0 Å². The van der Waals surface area contributed by atoms with Crippen LogP contribution < -0.4 is 0 Å². The number of nitro benzene ring substituents is 1. The number of ether oxygens (including phenoxy) is 1. The zero-order chi connectivity index (χ0) is 21.3. The Hall–Kier alpha value is -4.27. The van der Waals surface area contributed by atoms with Crippen molar-refractivity contribution >= 4 is 22.4 Å². The highest BCUT2D eigenvalue weighted by molar-refractivity contribution is 5.98. The first-order chi connectivity index (χ1) is 14.4. The summed E-state index contributed by atoms with van der Waals surface area (Å²) >= 11 is 0. The van der Waals surface area contributed by atoms with Gasteiger partial charge in [0.25, 0.3) is 11.6 Å². The summed E-state index contributed by atoms with van der Waals surface area (Å²) in [7, 11) is 0. The monoisotopic (exact) mass is 405 g/mol. The molecule has 1 heterocycles. The largest absolute Gasteiger partial charge is 0.507 e. The van der Waals surface area contributed by atoms with Gasteiger partial charge in [0.1, 0.15) is 11.3 Å². The maximum Gasteiger partial charge on any atom is 0.342 e. The summed E-state index contributed by atoms with van der Waals surface area (Å²) in [6, 6.07) is 16.0. The average molecular weight is 405 g/mol. The second kappa shape index (κ2) is 7.63. The third-order valence-corrected chi connectivity index (χ3v) is 4.48. The molecule has 0 radical (unpaired) electrons. The van der Waals surface area contributed by atoms with Gasteiger partial charge in [-0.05, 0) is 42.0 Å². The fourth-order valence-electron chi connectivity index (χ4n) is 2.91. The lowest BCUT2D eigenvalue weighted by molar-refractivity contribution is -0.384. The van der Waals surface area contributed by atoms with E-state index in [4.69, 9.17) is 9.15 Å². The van der Waals surface area contributed by atoms with Gasteiger partial charge in [0.2, 0.25) is 5.89 Å². The molecule has 0 unspecified atom stereocenters. The molecule has 0 fully saturated rings. The Kier molecular flexibility index (Phi) is 4.85. The zero-order valence-electron chi connectivity index (χ0n) is 15.7. The van der Waals surface area contributed by atoms with Crippen LogP contribution in [-0.2, 0) is 4.74 Å². The predicted molar refractivity (Wildman–Crippen MR) is 106 cm³/mol. The van der Waals surface area contributed by atoms with Gasteiger partial charge in [-0.3, -0.25) is 10.1 Å². The van der Waals surface area contributed by atoms with E-state index < -0.39 is 17.0 Å². The standard InChI is InChI=1S/C21H15N3O6/c1-12(19-22-23-20(30-19)13-6-8-16(9-7-13)24(27)28)29-21(26)17-10-14-4-2-3-5-15(14)11-18(17)25/h2-12,25H,1H3/t12-/m1/s1. The number of phenols is 1. The normalized spacial score (nSPS) is 11.9. The van der Waals surface area contributed by atoms with E-state index in [0.717, 1.165) is 10.8 Å². The number of aromatic hydroxyl groups is 1. The number of carbonyl (C=O) groups is 1. The Balaban J connectivity index is 1.52. The topological polar surface area (TPSA) is 129 Å². The number of hydrogen-bond donors (Lipinski definition) is 1. The molecule has 1 aromatic heterocycles. The highest BCUT2D eigenvalue weighted by atomic mass is 16.6. The van der Waals surface area contributed by atoms with Gasteiger partial charge in [0.05, 0.1) is 4.92 Å². The second-order valence-electron chi connectivity index (χ2n) is 6.51. The highest BCUT2D eigenvalue weighted by Crippen LogP contribution is 2.28. The Labute approximate surface area is 169 Å². The number of esters is 1. The first kappa shape index (κ1) is 19.1. The maximum absolute atomic E-state index is 12.5. The number of nitro groups is 1. The van der Waals surface area contributed by atoms with Crippen LogP contribution in [0.2, 0.25) is 0 Å². The Morgan fingerprint density at radius 3 is 2.43 bits per heavy atom. The molecule has 9 heteroatoms. The van der Waals surface area contributed by atoms with Crippen LogP contribution in [-0.4, -0.2) is 26.2 Å². The van der Waals surface area contributed by atoms with Gasteiger partial charge in [0.15, 0.2) is 6.10 Å². The molecular weight excluding hydrogens is 390 g/mol. The molecule has 0 spiro atoms. The molecule has 0 aliphatic carbocycles. The van der Waals surface area contributed by atoms with Gasteiger partial charge >= 0.3 is 5.97 Å². The Morgan fingerprint density at radius 1 is 1.10 bits per heavy atom. The third kappa shape index (κ3) is 3.68. The van der Waals surface area contributed by atoms with E-state index in [-0.39, 0.29) is 28.8 Å². The van der Waals surface area contributed by atoms with E-state index in [2.05, 4.69) is 10.2 Å². The smallest absolute Gasteiger partial charge is 0.342 e. The molecule has 4 rings (SSSR count). The molecule has 9 nitrogen and oxygen atoms in total. The van der Waals surface area contributed by atoms with Crippen LogP contribution >= 0.6 is 0 Å². The number of aromatic nitrogens is 2. The summed E-state index contributed by atoms with van der Waals surface area (Å²) in [5.74, 6) is -0.739. The molecule has 0 saturated carbocycles. The number of rotatable bonds is 5. The van der Waals surface area contributed by atoms with Gasteiger partial charge in [-0.25, -0.2) is 4.79 Å². The molecule has 0 amide bonds. The van der Waals surface area contributed by atoms with Crippen LogP contribution in [0.1, 0.15) is 29.3 Å². The summed E-state index contributed by atoms with van der Waals surface area (Å²) in [5, 5.41) is 30.3. The fourth-order valence-corrected chi connectivity index (χ4v) is 2.91. The van der Waals surface area contributed by atoms with E-state index in [9.17, 15) is 20.0 Å². The summed E-state index contributed by atoms with van der Waals surface area (Å²) in [5.41, 5.74) is 0.455. The number of carbonyl (C=O) groups excluding carboxylic acids is 1. The van der Waals surface area contributed by atoms with E-state index in [1.54, 1.807) is 13.0 Å². The van der Waals surface area contributed by atoms with Crippen molar-refractivity contribution in [2.45, 2.75) is 13.0 Å². The molecule has 1 N–H and O–H groups in total. The van der Waals surface area contributed by atoms with Crippen molar-refractivity contribution < 1.29 is 24.0 Å². The summed E-state index contributed by atoms with van der Waals surface area (Å²) in [4.78, 5) is 22.8. The summed E-state index contributed by atoms with van der Waals surface area (Å²) < 4.78 is 10.9. The quantitative estimate of drug-likeness (QED) is 0.293. The molecule has 0 aliphatic heterocycles. The second-order valence-corrected chi connectivity index (χ2v) is 6.51. The average Bonchev–Trinajstić information content (AvgIpc) is 3.23. The number of benzene rings is 3. The lowest BCUT2D eigenvalue weighted by Crippen LogP contribution is -2.10. The van der Waals surface area contributed by atoms with Crippen molar-refractivity contribution in [3.05, 3.63) is 82.2 Å². The highest BCUT2D eigenvalue weighted by Gasteiger charge is 2.22. The van der Waals surface area contributed by atoms with Crippen LogP contribution in [0.5, 0.6) is 5.75 Å². The van der Waals surface area contributed by atoms with Crippen molar-refractivity contribution in [2.24, 2.45) is 0 Å². The number of non-ortho nitro benzene ring substituents is 1. The number of phenolic OH excluding ortho intramolecular Hbond substituents is 1. The molecule has 4 aromatic rings. The van der Waals surface area contributed by atoms with Crippen molar-refractivity contribution in [3.63, 3.8) is 0 Å². The molecule has 0 bridgehead atoms. The number of fused-ring (bicyclic) bond motifs is 1. The lowest BCUT2D eigenvalue weighted by atomic mass is 10.1. The first-order valence-electron chi connectivity index (χ1n) is 8.93. The van der Waals surface area contributed by atoms with Crippen LogP contribution in [0, 0.1) is 10.1 Å². The number of nitrogens with zero attached hydrogens (tertiary/aromatic N) is 3. The van der Waals surface area contributed by atoms with E-state index in [1.807, 2.05) is 24.3 Å². The molecular formula is C21H15N3O6. The molecule has 3 aromatic carbocycles. The van der Waals surface area contributed by atoms with Crippen molar-refractivity contribution in [1.29, 1.82) is 0 Å². The minimum Gasteiger partial charge on any atom is -0.507 e. The molecule has 0 aliphatic rings. The predicted octanol–water partition coefficient (Wildman–Crippen LogP) is 4.42. The minimum atomic E-state index is -0.873. The van der Waals surface area contributed by atoms with Crippen molar-refractivity contribution in [1.82, 2.24) is 10.2 Å². The van der Waals surface area contributed by atoms with Gasteiger partial charge < -0.3 is 14.3 Å². The molecule has 1 atom stereocenters. The molecule has 30 heavy (non-hydrogen) atoms. The van der Waals surface area contributed by atoms with Gasteiger partial charge in [-0.15, -0.1) is 10.2 Å². The lowest BCUT2D eigenvalue weighted by Gasteiger charge is -2.11. The van der Waals surface area contributed by atoms with Gasteiger partial charge in [-0.1, -0.05) is 24.3 Å². The van der Waals surface area contributed by atoms with Gasteiger partial charge in [-0.2, -0.15) is 0 Å².